The van der Waals surface area contributed by atoms with E-state index in [4.69, 9.17) is 23.2 Å². The molecule has 0 atom stereocenters. The number of alkyl halides is 1. The molecule has 0 heterocycles. The summed E-state index contributed by atoms with van der Waals surface area (Å²) < 4.78 is 13.3. The number of hydrogen-bond acceptors (Lipinski definition) is 1. The van der Waals surface area contributed by atoms with Gasteiger partial charge in [0.15, 0.2) is 0 Å². The van der Waals surface area contributed by atoms with Crippen LogP contribution in [0.1, 0.15) is 36.0 Å². The van der Waals surface area contributed by atoms with Gasteiger partial charge in [0.2, 0.25) is 0 Å². The predicted octanol–water partition coefficient (Wildman–Crippen LogP) is 4.01. The zero-order chi connectivity index (χ0) is 13.9. The normalized spacial score (nSPS) is 17.4. The van der Waals surface area contributed by atoms with Crippen molar-refractivity contribution in [3.05, 3.63) is 34.6 Å². The summed E-state index contributed by atoms with van der Waals surface area (Å²) in [5.41, 5.74) is 0.154. The van der Waals surface area contributed by atoms with E-state index in [-0.39, 0.29) is 21.9 Å². The highest BCUT2D eigenvalue weighted by molar-refractivity contribution is 6.34. The van der Waals surface area contributed by atoms with Crippen LogP contribution in [0.4, 0.5) is 4.39 Å². The fraction of sp³-hybridized carbons (Fsp3) is 0.500. The molecule has 1 saturated carbocycles. The van der Waals surface area contributed by atoms with E-state index < -0.39 is 5.82 Å². The Bertz CT molecular complexity index is 473. The number of benzene rings is 1. The smallest absolute Gasteiger partial charge is 0.252 e. The Balaban J connectivity index is 2.03. The van der Waals surface area contributed by atoms with Gasteiger partial charge in [-0.2, -0.15) is 0 Å². The van der Waals surface area contributed by atoms with Crippen LogP contribution < -0.4 is 5.32 Å². The number of rotatable bonds is 4. The van der Waals surface area contributed by atoms with Crippen LogP contribution >= 0.6 is 23.2 Å². The van der Waals surface area contributed by atoms with E-state index in [1.807, 2.05) is 0 Å². The lowest BCUT2D eigenvalue weighted by Gasteiger charge is -2.26. The monoisotopic (exact) mass is 303 g/mol. The highest BCUT2D eigenvalue weighted by Gasteiger charge is 2.33. The van der Waals surface area contributed by atoms with Crippen LogP contribution in [0.2, 0.25) is 5.02 Å². The second kappa shape index (κ2) is 6.10. The van der Waals surface area contributed by atoms with Crippen LogP contribution in [-0.4, -0.2) is 18.3 Å². The molecule has 0 spiro atoms. The van der Waals surface area contributed by atoms with Gasteiger partial charge in [-0.1, -0.05) is 30.5 Å². The molecule has 2 rings (SSSR count). The molecule has 1 aliphatic rings. The summed E-state index contributed by atoms with van der Waals surface area (Å²) in [6.45, 7) is 0.516. The van der Waals surface area contributed by atoms with E-state index in [2.05, 4.69) is 5.32 Å². The van der Waals surface area contributed by atoms with Crippen molar-refractivity contribution < 1.29 is 9.18 Å². The van der Waals surface area contributed by atoms with Gasteiger partial charge in [-0.3, -0.25) is 4.79 Å². The van der Waals surface area contributed by atoms with E-state index in [0.717, 1.165) is 25.7 Å². The van der Waals surface area contributed by atoms with Crippen LogP contribution in [-0.2, 0) is 0 Å². The molecule has 0 aromatic heterocycles. The number of halogens is 3. The molecule has 1 N–H and O–H groups in total. The molecule has 0 radical (unpaired) electrons. The summed E-state index contributed by atoms with van der Waals surface area (Å²) in [5.74, 6) is -0.396. The third-order valence-electron chi connectivity index (χ3n) is 3.77. The third-order valence-corrected chi connectivity index (χ3v) is 4.72. The summed E-state index contributed by atoms with van der Waals surface area (Å²) >= 11 is 11.8. The van der Waals surface area contributed by atoms with E-state index >= 15 is 0 Å². The van der Waals surface area contributed by atoms with Gasteiger partial charge in [-0.25, -0.2) is 4.39 Å². The molecule has 0 aliphatic heterocycles. The van der Waals surface area contributed by atoms with Gasteiger partial charge in [0.25, 0.3) is 5.91 Å². The van der Waals surface area contributed by atoms with Crippen molar-refractivity contribution in [3.63, 3.8) is 0 Å². The van der Waals surface area contributed by atoms with Gasteiger partial charge in [0.1, 0.15) is 5.82 Å². The summed E-state index contributed by atoms with van der Waals surface area (Å²) in [7, 11) is 0. The summed E-state index contributed by atoms with van der Waals surface area (Å²) in [6.07, 6.45) is 4.33. The van der Waals surface area contributed by atoms with Gasteiger partial charge in [-0.15, -0.1) is 11.6 Å². The molecule has 0 saturated heterocycles. The molecule has 1 aliphatic carbocycles. The molecular formula is C14H16Cl2FNO. The first kappa shape index (κ1) is 14.6. The molecule has 104 valence electrons. The van der Waals surface area contributed by atoms with Gasteiger partial charge in [-0.05, 0) is 25.0 Å². The SMILES string of the molecule is O=C(NCC1(CCl)CCCC1)c1cccc(F)c1Cl. The Morgan fingerprint density at radius 2 is 2.05 bits per heavy atom. The molecule has 19 heavy (non-hydrogen) atoms. The number of carbonyl (C=O) groups is 1. The Labute approximate surface area is 122 Å². The summed E-state index contributed by atoms with van der Waals surface area (Å²) in [4.78, 5) is 12.0. The number of hydrogen-bond donors (Lipinski definition) is 1. The largest absolute Gasteiger partial charge is 0.351 e. The maximum Gasteiger partial charge on any atom is 0.252 e. The minimum absolute atomic E-state index is 0.0168. The molecule has 1 aromatic carbocycles. The first-order valence-electron chi connectivity index (χ1n) is 6.36. The highest BCUT2D eigenvalue weighted by Crippen LogP contribution is 2.38. The van der Waals surface area contributed by atoms with Crippen molar-refractivity contribution in [2.75, 3.05) is 12.4 Å². The number of nitrogens with one attached hydrogen (secondary N) is 1. The molecule has 1 amide bonds. The topological polar surface area (TPSA) is 29.1 Å². The summed E-state index contributed by atoms with van der Waals surface area (Å²) in [6, 6.07) is 4.22. The van der Waals surface area contributed by atoms with E-state index in [1.165, 1.54) is 18.2 Å². The second-order valence-electron chi connectivity index (χ2n) is 5.12. The third kappa shape index (κ3) is 3.21. The minimum Gasteiger partial charge on any atom is -0.351 e. The van der Waals surface area contributed by atoms with Crippen LogP contribution in [0.5, 0.6) is 0 Å². The average molecular weight is 304 g/mol. The van der Waals surface area contributed by atoms with Crippen molar-refractivity contribution in [2.45, 2.75) is 25.7 Å². The fourth-order valence-electron chi connectivity index (χ4n) is 2.52. The molecule has 0 bridgehead atoms. The lowest BCUT2D eigenvalue weighted by atomic mass is 9.88. The molecule has 2 nitrogen and oxygen atoms in total. The molecule has 1 aromatic rings. The van der Waals surface area contributed by atoms with Gasteiger partial charge >= 0.3 is 0 Å². The van der Waals surface area contributed by atoms with E-state index in [0.29, 0.717) is 12.4 Å². The van der Waals surface area contributed by atoms with Crippen LogP contribution in [0.3, 0.4) is 0 Å². The van der Waals surface area contributed by atoms with E-state index in [9.17, 15) is 9.18 Å². The van der Waals surface area contributed by atoms with Crippen molar-refractivity contribution in [1.29, 1.82) is 0 Å². The quantitative estimate of drug-likeness (QED) is 0.837. The van der Waals surface area contributed by atoms with Gasteiger partial charge in [0.05, 0.1) is 10.6 Å². The number of carbonyl (C=O) groups excluding carboxylic acids is 1. The lowest BCUT2D eigenvalue weighted by molar-refractivity contribution is 0.0935. The molecule has 0 unspecified atom stereocenters. The first-order valence-corrected chi connectivity index (χ1v) is 7.27. The Hall–Kier alpha value is -0.800. The lowest BCUT2D eigenvalue weighted by Crippen LogP contribution is -2.37. The van der Waals surface area contributed by atoms with Crippen molar-refractivity contribution in [3.8, 4) is 0 Å². The van der Waals surface area contributed by atoms with Gasteiger partial charge in [0, 0.05) is 17.8 Å². The van der Waals surface area contributed by atoms with Gasteiger partial charge < -0.3 is 5.32 Å². The first-order chi connectivity index (χ1) is 9.08. The zero-order valence-electron chi connectivity index (χ0n) is 10.5. The molecule has 5 heteroatoms. The highest BCUT2D eigenvalue weighted by atomic mass is 35.5. The predicted molar refractivity (Wildman–Crippen MR) is 75.4 cm³/mol. The summed E-state index contributed by atoms with van der Waals surface area (Å²) in [5, 5.41) is 2.69. The maximum absolute atomic E-state index is 13.3. The molecule has 1 fully saturated rings. The number of amides is 1. The van der Waals surface area contributed by atoms with Crippen molar-refractivity contribution in [2.24, 2.45) is 5.41 Å². The Morgan fingerprint density at radius 1 is 1.37 bits per heavy atom. The zero-order valence-corrected chi connectivity index (χ0v) is 12.0. The maximum atomic E-state index is 13.3. The van der Waals surface area contributed by atoms with Crippen LogP contribution in [0.15, 0.2) is 18.2 Å². The second-order valence-corrected chi connectivity index (χ2v) is 5.77. The van der Waals surface area contributed by atoms with Crippen LogP contribution in [0, 0.1) is 11.2 Å². The van der Waals surface area contributed by atoms with Crippen LogP contribution in [0.25, 0.3) is 0 Å². The van der Waals surface area contributed by atoms with Crippen molar-refractivity contribution >= 4 is 29.1 Å². The minimum atomic E-state index is -0.581. The Kier molecular flexibility index (Phi) is 4.69. The van der Waals surface area contributed by atoms with Crippen molar-refractivity contribution in [1.82, 2.24) is 5.32 Å². The molecular weight excluding hydrogens is 288 g/mol. The average Bonchev–Trinajstić information content (AvgIpc) is 2.89. The standard InChI is InChI=1S/C14H16Cl2FNO/c15-8-14(6-1-2-7-14)9-18-13(19)10-4-3-5-11(17)12(10)16/h3-5H,1-2,6-9H2,(H,18,19). The fourth-order valence-corrected chi connectivity index (χ4v) is 3.10. The van der Waals surface area contributed by atoms with E-state index in [1.54, 1.807) is 0 Å². The Morgan fingerprint density at radius 3 is 2.68 bits per heavy atom.